The first-order valence-corrected chi connectivity index (χ1v) is 6.93. The third kappa shape index (κ3) is 2.63. The van der Waals surface area contributed by atoms with Gasteiger partial charge in [-0.05, 0) is 24.1 Å². The van der Waals surface area contributed by atoms with E-state index >= 15 is 0 Å². The summed E-state index contributed by atoms with van der Waals surface area (Å²) in [4.78, 5) is 0. The van der Waals surface area contributed by atoms with E-state index in [1.807, 2.05) is 12.1 Å². The van der Waals surface area contributed by atoms with Gasteiger partial charge in [-0.2, -0.15) is 0 Å². The molecule has 0 amide bonds. The van der Waals surface area contributed by atoms with Crippen LogP contribution in [0.5, 0.6) is 5.75 Å². The van der Waals surface area contributed by atoms with Crippen molar-refractivity contribution in [1.29, 1.82) is 0 Å². The van der Waals surface area contributed by atoms with Crippen molar-refractivity contribution < 1.29 is 9.47 Å². The zero-order valence-electron chi connectivity index (χ0n) is 11.6. The van der Waals surface area contributed by atoms with Crippen molar-refractivity contribution in [1.82, 2.24) is 0 Å². The maximum Gasteiger partial charge on any atom is 0.124 e. The standard InChI is InChI=1S/C17H19NO2/c1-19-10-11-20-17-9-5-3-7-14(17)16-12-13-6-2-4-8-15(13)18-16/h2-9,16,18H,10-12H2,1H3. The number of benzene rings is 2. The second-order valence-electron chi connectivity index (χ2n) is 4.94. The minimum atomic E-state index is 0.283. The van der Waals surface area contributed by atoms with Crippen molar-refractivity contribution in [3.8, 4) is 5.75 Å². The maximum absolute atomic E-state index is 5.82. The summed E-state index contributed by atoms with van der Waals surface area (Å²) in [7, 11) is 1.68. The van der Waals surface area contributed by atoms with E-state index in [1.165, 1.54) is 16.8 Å². The van der Waals surface area contributed by atoms with Crippen LogP contribution in [0.4, 0.5) is 5.69 Å². The first-order valence-electron chi connectivity index (χ1n) is 6.93. The summed E-state index contributed by atoms with van der Waals surface area (Å²) in [5, 5.41) is 3.57. The molecule has 20 heavy (non-hydrogen) atoms. The lowest BCUT2D eigenvalue weighted by Crippen LogP contribution is -2.10. The third-order valence-electron chi connectivity index (χ3n) is 3.61. The van der Waals surface area contributed by atoms with Gasteiger partial charge in [-0.25, -0.2) is 0 Å². The molecule has 0 saturated heterocycles. The summed E-state index contributed by atoms with van der Waals surface area (Å²) in [6.45, 7) is 1.18. The molecule has 0 bridgehead atoms. The summed E-state index contributed by atoms with van der Waals surface area (Å²) in [5.74, 6) is 0.940. The van der Waals surface area contributed by atoms with Gasteiger partial charge in [0.15, 0.2) is 0 Å². The molecular formula is C17H19NO2. The number of hydrogen-bond donors (Lipinski definition) is 1. The number of ether oxygens (including phenoxy) is 2. The van der Waals surface area contributed by atoms with E-state index in [1.54, 1.807) is 7.11 Å². The highest BCUT2D eigenvalue weighted by molar-refractivity contribution is 5.59. The van der Waals surface area contributed by atoms with Gasteiger partial charge in [0.05, 0.1) is 12.6 Å². The van der Waals surface area contributed by atoms with Gasteiger partial charge in [0, 0.05) is 18.4 Å². The van der Waals surface area contributed by atoms with E-state index in [0.29, 0.717) is 13.2 Å². The van der Waals surface area contributed by atoms with Crippen LogP contribution in [0.2, 0.25) is 0 Å². The molecule has 1 atom stereocenters. The number of fused-ring (bicyclic) bond motifs is 1. The summed E-state index contributed by atoms with van der Waals surface area (Å²) in [6, 6.07) is 17.0. The van der Waals surface area contributed by atoms with Crippen LogP contribution in [0.25, 0.3) is 0 Å². The predicted molar refractivity (Wildman–Crippen MR) is 80.3 cm³/mol. The molecule has 3 rings (SSSR count). The van der Waals surface area contributed by atoms with Crippen molar-refractivity contribution in [2.45, 2.75) is 12.5 Å². The lowest BCUT2D eigenvalue weighted by Gasteiger charge is -2.17. The fourth-order valence-electron chi connectivity index (χ4n) is 2.62. The molecule has 0 spiro atoms. The molecule has 0 aliphatic carbocycles. The Morgan fingerprint density at radius 1 is 1.05 bits per heavy atom. The number of para-hydroxylation sites is 2. The van der Waals surface area contributed by atoms with Crippen LogP contribution in [0.3, 0.4) is 0 Å². The molecule has 2 aromatic rings. The van der Waals surface area contributed by atoms with E-state index in [9.17, 15) is 0 Å². The molecular weight excluding hydrogens is 250 g/mol. The molecule has 3 heteroatoms. The monoisotopic (exact) mass is 269 g/mol. The quantitative estimate of drug-likeness (QED) is 0.844. The Bertz CT molecular complexity index is 558. The number of rotatable bonds is 5. The lowest BCUT2D eigenvalue weighted by atomic mass is 10.0. The maximum atomic E-state index is 5.82. The molecule has 0 fully saturated rings. The highest BCUT2D eigenvalue weighted by Gasteiger charge is 2.23. The molecule has 1 unspecified atom stereocenters. The molecule has 0 aromatic heterocycles. The van der Waals surface area contributed by atoms with E-state index < -0.39 is 0 Å². The molecule has 1 aliphatic rings. The second-order valence-corrected chi connectivity index (χ2v) is 4.94. The largest absolute Gasteiger partial charge is 0.491 e. The Labute approximate surface area is 119 Å². The van der Waals surface area contributed by atoms with Gasteiger partial charge in [0.25, 0.3) is 0 Å². The van der Waals surface area contributed by atoms with Crippen LogP contribution < -0.4 is 10.1 Å². The highest BCUT2D eigenvalue weighted by atomic mass is 16.5. The average molecular weight is 269 g/mol. The van der Waals surface area contributed by atoms with Crippen LogP contribution >= 0.6 is 0 Å². The van der Waals surface area contributed by atoms with E-state index in [-0.39, 0.29) is 6.04 Å². The fraction of sp³-hybridized carbons (Fsp3) is 0.294. The Morgan fingerprint density at radius 3 is 2.70 bits per heavy atom. The molecule has 0 radical (unpaired) electrons. The van der Waals surface area contributed by atoms with E-state index in [4.69, 9.17) is 9.47 Å². The summed E-state index contributed by atoms with van der Waals surface area (Å²) >= 11 is 0. The molecule has 0 saturated carbocycles. The number of nitrogens with one attached hydrogen (secondary N) is 1. The SMILES string of the molecule is COCCOc1ccccc1C1Cc2ccccc2N1. The summed E-state index contributed by atoms with van der Waals surface area (Å²) in [6.07, 6.45) is 1.00. The summed E-state index contributed by atoms with van der Waals surface area (Å²) in [5.41, 5.74) is 3.80. The summed E-state index contributed by atoms with van der Waals surface area (Å²) < 4.78 is 10.9. The Hall–Kier alpha value is -2.00. The van der Waals surface area contributed by atoms with E-state index in [0.717, 1.165) is 12.2 Å². The van der Waals surface area contributed by atoms with Gasteiger partial charge >= 0.3 is 0 Å². The Morgan fingerprint density at radius 2 is 1.85 bits per heavy atom. The number of hydrogen-bond acceptors (Lipinski definition) is 3. The topological polar surface area (TPSA) is 30.5 Å². The normalized spacial score (nSPS) is 16.6. The molecule has 1 N–H and O–H groups in total. The predicted octanol–water partition coefficient (Wildman–Crippen LogP) is 3.42. The van der Waals surface area contributed by atoms with Crippen molar-refractivity contribution >= 4 is 5.69 Å². The van der Waals surface area contributed by atoms with Crippen molar-refractivity contribution in [3.63, 3.8) is 0 Å². The van der Waals surface area contributed by atoms with Crippen LogP contribution in [-0.4, -0.2) is 20.3 Å². The third-order valence-corrected chi connectivity index (χ3v) is 3.61. The molecule has 1 heterocycles. The minimum Gasteiger partial charge on any atom is -0.491 e. The van der Waals surface area contributed by atoms with Crippen molar-refractivity contribution in [2.75, 3.05) is 25.6 Å². The van der Waals surface area contributed by atoms with Gasteiger partial charge in [0.1, 0.15) is 12.4 Å². The molecule has 1 aliphatic heterocycles. The van der Waals surface area contributed by atoms with Crippen molar-refractivity contribution in [2.24, 2.45) is 0 Å². The van der Waals surface area contributed by atoms with Crippen LogP contribution in [-0.2, 0) is 11.2 Å². The van der Waals surface area contributed by atoms with Gasteiger partial charge in [-0.3, -0.25) is 0 Å². The first-order chi connectivity index (χ1) is 9.88. The van der Waals surface area contributed by atoms with Crippen LogP contribution in [0.15, 0.2) is 48.5 Å². The van der Waals surface area contributed by atoms with E-state index in [2.05, 4.69) is 41.7 Å². The average Bonchev–Trinajstić information content (AvgIpc) is 2.92. The first kappa shape index (κ1) is 13.0. The van der Waals surface area contributed by atoms with Crippen molar-refractivity contribution in [3.05, 3.63) is 59.7 Å². The fourth-order valence-corrected chi connectivity index (χ4v) is 2.62. The Balaban J connectivity index is 1.78. The Kier molecular flexibility index (Phi) is 3.88. The van der Waals surface area contributed by atoms with Crippen LogP contribution in [0, 0.1) is 0 Å². The molecule has 2 aromatic carbocycles. The van der Waals surface area contributed by atoms with Gasteiger partial charge in [-0.1, -0.05) is 36.4 Å². The van der Waals surface area contributed by atoms with Gasteiger partial charge < -0.3 is 14.8 Å². The minimum absolute atomic E-state index is 0.283. The van der Waals surface area contributed by atoms with Gasteiger partial charge in [-0.15, -0.1) is 0 Å². The second kappa shape index (κ2) is 5.97. The highest BCUT2D eigenvalue weighted by Crippen LogP contribution is 2.37. The molecule has 104 valence electrons. The number of anilines is 1. The van der Waals surface area contributed by atoms with Crippen LogP contribution in [0.1, 0.15) is 17.2 Å². The van der Waals surface area contributed by atoms with Gasteiger partial charge in [0.2, 0.25) is 0 Å². The zero-order chi connectivity index (χ0) is 13.8. The smallest absolute Gasteiger partial charge is 0.124 e. The zero-order valence-corrected chi connectivity index (χ0v) is 11.6. The lowest BCUT2D eigenvalue weighted by molar-refractivity contribution is 0.145. The molecule has 3 nitrogen and oxygen atoms in total. The number of methoxy groups -OCH3 is 1.